The van der Waals surface area contributed by atoms with Gasteiger partial charge in [0.1, 0.15) is 0 Å². The van der Waals surface area contributed by atoms with E-state index in [0.717, 1.165) is 10.7 Å². The van der Waals surface area contributed by atoms with Gasteiger partial charge in [-0.3, -0.25) is 4.79 Å². The first-order chi connectivity index (χ1) is 9.40. The van der Waals surface area contributed by atoms with Crippen LogP contribution in [0.5, 0.6) is 0 Å². The number of anilines is 1. The Morgan fingerprint density at radius 2 is 1.95 bits per heavy atom. The van der Waals surface area contributed by atoms with Crippen LogP contribution in [0.2, 0.25) is 6.82 Å². The largest absolute Gasteiger partial charge is 0.453 e. The highest BCUT2D eigenvalue weighted by Crippen LogP contribution is 2.29. The van der Waals surface area contributed by atoms with Crippen molar-refractivity contribution in [2.45, 2.75) is 12.9 Å². The van der Waals surface area contributed by atoms with Crippen LogP contribution in [-0.2, 0) is 9.31 Å². The number of benzene rings is 1. The normalized spacial score (nSPS) is 16.3. The maximum atomic E-state index is 12.4. The lowest BCUT2D eigenvalue weighted by atomic mass is 9.93. The number of nitrogens with one attached hydrogen (secondary N) is 1. The van der Waals surface area contributed by atoms with E-state index in [1.165, 1.54) is 0 Å². The second kappa shape index (κ2) is 7.29. The Hall–Kier alpha value is 0.665. The van der Waals surface area contributed by atoms with E-state index in [1.807, 2.05) is 12.9 Å². The molecule has 1 fully saturated rings. The predicted octanol–water partition coefficient (Wildman–Crippen LogP) is 2.35. The van der Waals surface area contributed by atoms with Crippen LogP contribution < -0.4 is 11.1 Å². The van der Waals surface area contributed by atoms with Gasteiger partial charge in [-0.05, 0) is 80.7 Å². The Balaban J connectivity index is 2.16. The van der Waals surface area contributed by atoms with Crippen LogP contribution in [0.3, 0.4) is 0 Å². The quantitative estimate of drug-likeness (QED) is 0.306. The molecule has 1 heterocycles. The maximum absolute atomic E-state index is 12.4. The lowest BCUT2D eigenvalue weighted by molar-refractivity contribution is 0.0768. The summed E-state index contributed by atoms with van der Waals surface area (Å²) in [7, 11) is -0.211. The zero-order valence-corrected chi connectivity index (χ0v) is 17.1. The molecule has 0 atom stereocenters. The summed E-state index contributed by atoms with van der Waals surface area (Å²) in [5, 5.41) is 2.93. The standard InChI is InChI=1S/C11H12BI3N2O3/c1-12-19-3-5(4-20-12)17-11(18)8-6(13)2-7(14)10(16)9(8)15/h2,5H,3-4,16H2,1H3,(H,17,18). The SMILES string of the molecule is CB1OCC(NC(=O)c2c(I)cc(I)c(N)c2I)CO1. The third-order valence-corrected chi connectivity index (χ3v) is 5.70. The van der Waals surface area contributed by atoms with E-state index < -0.39 is 0 Å². The fraction of sp³-hybridized carbons (Fsp3) is 0.364. The van der Waals surface area contributed by atoms with Crippen LogP contribution >= 0.6 is 67.8 Å². The van der Waals surface area contributed by atoms with Crippen LogP contribution in [-0.4, -0.2) is 32.3 Å². The predicted molar refractivity (Wildman–Crippen MR) is 104 cm³/mol. The molecule has 2 rings (SSSR count). The second-order valence-electron chi connectivity index (χ2n) is 4.35. The van der Waals surface area contributed by atoms with Crippen molar-refractivity contribution in [3.8, 4) is 0 Å². The molecule has 1 saturated heterocycles. The zero-order valence-electron chi connectivity index (χ0n) is 10.6. The average Bonchev–Trinajstić information content (AvgIpc) is 2.39. The summed E-state index contributed by atoms with van der Waals surface area (Å²) in [6.07, 6.45) is 0. The van der Waals surface area contributed by atoms with E-state index in [9.17, 15) is 4.79 Å². The molecule has 3 N–H and O–H groups in total. The van der Waals surface area contributed by atoms with Gasteiger partial charge in [0.25, 0.3) is 5.91 Å². The van der Waals surface area contributed by atoms with E-state index in [-0.39, 0.29) is 19.1 Å². The van der Waals surface area contributed by atoms with Crippen LogP contribution in [0.15, 0.2) is 6.07 Å². The summed E-state index contributed by atoms with van der Waals surface area (Å²) < 4.78 is 13.3. The molecular weight excluding hydrogens is 600 g/mol. The Morgan fingerprint density at radius 3 is 2.55 bits per heavy atom. The summed E-state index contributed by atoms with van der Waals surface area (Å²) in [5.74, 6) is -0.145. The highest BCUT2D eigenvalue weighted by Gasteiger charge is 2.26. The van der Waals surface area contributed by atoms with Gasteiger partial charge < -0.3 is 20.4 Å². The first kappa shape index (κ1) is 17.0. The van der Waals surface area contributed by atoms with Crippen molar-refractivity contribution >= 4 is 86.5 Å². The minimum atomic E-state index is -0.211. The molecule has 0 aromatic heterocycles. The minimum absolute atomic E-state index is 0.134. The number of nitrogens with two attached hydrogens (primary N) is 1. The highest BCUT2D eigenvalue weighted by molar-refractivity contribution is 14.1. The van der Waals surface area contributed by atoms with Gasteiger partial charge in [0, 0.05) is 7.14 Å². The molecule has 108 valence electrons. The van der Waals surface area contributed by atoms with Crippen molar-refractivity contribution in [2.24, 2.45) is 0 Å². The molecule has 5 nitrogen and oxygen atoms in total. The monoisotopic (exact) mass is 612 g/mol. The van der Waals surface area contributed by atoms with Crippen molar-refractivity contribution in [3.63, 3.8) is 0 Å². The van der Waals surface area contributed by atoms with Gasteiger partial charge in [-0.25, -0.2) is 0 Å². The number of amides is 1. The van der Waals surface area contributed by atoms with Gasteiger partial charge in [0.15, 0.2) is 0 Å². The lowest BCUT2D eigenvalue weighted by Crippen LogP contribution is -2.48. The van der Waals surface area contributed by atoms with Crippen LogP contribution in [0, 0.1) is 10.7 Å². The molecule has 0 spiro atoms. The molecule has 0 radical (unpaired) electrons. The van der Waals surface area contributed by atoms with Gasteiger partial charge in [0.2, 0.25) is 0 Å². The fourth-order valence-corrected chi connectivity index (χ4v) is 5.62. The molecule has 0 saturated carbocycles. The summed E-state index contributed by atoms with van der Waals surface area (Å²) >= 11 is 6.43. The van der Waals surface area contributed by atoms with E-state index in [0.29, 0.717) is 24.5 Å². The number of carbonyl (C=O) groups excluding carboxylic acids is 1. The number of carbonyl (C=O) groups is 1. The Kier molecular flexibility index (Phi) is 6.20. The summed E-state index contributed by atoms with van der Waals surface area (Å²) in [6.45, 7) is 2.75. The Bertz CT molecular complexity index is 536. The van der Waals surface area contributed by atoms with E-state index in [1.54, 1.807) is 0 Å². The maximum Gasteiger partial charge on any atom is 0.453 e. The first-order valence-electron chi connectivity index (χ1n) is 5.87. The fourth-order valence-electron chi connectivity index (χ4n) is 1.75. The first-order valence-corrected chi connectivity index (χ1v) is 9.10. The average molecular weight is 612 g/mol. The smallest absolute Gasteiger partial charge is 0.409 e. The van der Waals surface area contributed by atoms with Crippen molar-refractivity contribution in [1.82, 2.24) is 5.32 Å². The molecule has 20 heavy (non-hydrogen) atoms. The second-order valence-corrected chi connectivity index (χ2v) is 7.75. The molecule has 1 aromatic rings. The Morgan fingerprint density at radius 1 is 1.35 bits per heavy atom. The molecule has 0 bridgehead atoms. The summed E-state index contributed by atoms with van der Waals surface area (Å²) in [5.41, 5.74) is 7.25. The molecule has 1 amide bonds. The number of rotatable bonds is 2. The van der Waals surface area contributed by atoms with Gasteiger partial charge in [0.05, 0.1) is 34.1 Å². The number of nitrogen functional groups attached to an aromatic ring is 1. The third kappa shape index (κ3) is 3.90. The topological polar surface area (TPSA) is 73.6 Å². The third-order valence-electron chi connectivity index (χ3n) is 2.83. The molecule has 0 aliphatic carbocycles. The van der Waals surface area contributed by atoms with E-state index in [4.69, 9.17) is 15.0 Å². The number of halogens is 3. The lowest BCUT2D eigenvalue weighted by Gasteiger charge is -2.26. The molecule has 1 aliphatic rings. The van der Waals surface area contributed by atoms with Crippen molar-refractivity contribution in [2.75, 3.05) is 18.9 Å². The van der Waals surface area contributed by atoms with Gasteiger partial charge in [-0.1, -0.05) is 0 Å². The molecule has 0 unspecified atom stereocenters. The number of hydrogen-bond donors (Lipinski definition) is 2. The van der Waals surface area contributed by atoms with Crippen molar-refractivity contribution in [1.29, 1.82) is 0 Å². The molecule has 1 aliphatic heterocycles. The molecular formula is C11H12BI3N2O3. The van der Waals surface area contributed by atoms with Gasteiger partial charge in [-0.15, -0.1) is 0 Å². The number of hydrogen-bond acceptors (Lipinski definition) is 4. The van der Waals surface area contributed by atoms with Crippen molar-refractivity contribution < 1.29 is 14.1 Å². The minimum Gasteiger partial charge on any atom is -0.409 e. The molecule has 1 aromatic carbocycles. The van der Waals surface area contributed by atoms with Gasteiger partial charge in [-0.2, -0.15) is 0 Å². The Labute approximate surface area is 158 Å². The summed E-state index contributed by atoms with van der Waals surface area (Å²) in [6, 6.07) is 1.77. The van der Waals surface area contributed by atoms with E-state index in [2.05, 4.69) is 73.1 Å². The van der Waals surface area contributed by atoms with Crippen molar-refractivity contribution in [3.05, 3.63) is 22.3 Å². The van der Waals surface area contributed by atoms with Crippen LogP contribution in [0.25, 0.3) is 0 Å². The van der Waals surface area contributed by atoms with Crippen LogP contribution in [0.1, 0.15) is 10.4 Å². The summed E-state index contributed by atoms with van der Waals surface area (Å²) in [4.78, 5) is 12.4. The van der Waals surface area contributed by atoms with Gasteiger partial charge >= 0.3 is 7.12 Å². The zero-order chi connectivity index (χ0) is 14.9. The molecule has 9 heteroatoms. The van der Waals surface area contributed by atoms with E-state index >= 15 is 0 Å². The van der Waals surface area contributed by atoms with Crippen LogP contribution in [0.4, 0.5) is 5.69 Å². The highest BCUT2D eigenvalue weighted by atomic mass is 127.